The normalized spacial score (nSPS) is 25.0. The first-order valence-corrected chi connectivity index (χ1v) is 7.78. The molecule has 1 fully saturated rings. The van der Waals surface area contributed by atoms with Crippen LogP contribution in [0.5, 0.6) is 0 Å². The fourth-order valence-electron chi connectivity index (χ4n) is 3.54. The molecule has 0 spiro atoms. The molecule has 3 heterocycles. The lowest BCUT2D eigenvalue weighted by Gasteiger charge is -2.30. The van der Waals surface area contributed by atoms with Gasteiger partial charge < -0.3 is 9.80 Å². The van der Waals surface area contributed by atoms with Crippen molar-refractivity contribution in [1.29, 1.82) is 0 Å². The van der Waals surface area contributed by atoms with E-state index in [1.807, 2.05) is 0 Å². The lowest BCUT2D eigenvalue weighted by molar-refractivity contribution is 0.311. The quantitative estimate of drug-likeness (QED) is 0.727. The average molecular weight is 279 g/mol. The Kier molecular flexibility index (Phi) is 3.15. The van der Waals surface area contributed by atoms with Crippen LogP contribution in [-0.2, 0) is 0 Å². The van der Waals surface area contributed by atoms with Crippen LogP contribution in [0.2, 0.25) is 0 Å². The molecular weight excluding hydrogens is 258 g/mol. The maximum Gasteiger partial charge on any atom is 0.147 e. The van der Waals surface area contributed by atoms with Gasteiger partial charge in [0, 0.05) is 31.1 Å². The summed E-state index contributed by atoms with van der Waals surface area (Å²) in [7, 11) is 2.21. The average Bonchev–Trinajstić information content (AvgIpc) is 2.91. The summed E-state index contributed by atoms with van der Waals surface area (Å²) >= 11 is 0. The zero-order chi connectivity index (χ0) is 14.2. The maximum absolute atomic E-state index is 4.77. The third-order valence-electron chi connectivity index (χ3n) is 4.78. The standard InChI is InChI=1S/C18H21N3/c1-20-10-6-15(7-11-20)17-16-5-3-2-4-14(16)8-12-21-13-9-19-18(17)21/h2-5,8-9,12,18H,6-7,10-11,13H2,1H3. The summed E-state index contributed by atoms with van der Waals surface area (Å²) in [6.45, 7) is 3.24. The summed E-state index contributed by atoms with van der Waals surface area (Å²) < 4.78 is 0. The van der Waals surface area contributed by atoms with Crippen LogP contribution < -0.4 is 0 Å². The monoisotopic (exact) mass is 279 g/mol. The Bertz CT molecular complexity index is 632. The molecule has 21 heavy (non-hydrogen) atoms. The largest absolute Gasteiger partial charge is 0.347 e. The Morgan fingerprint density at radius 2 is 1.95 bits per heavy atom. The summed E-state index contributed by atoms with van der Waals surface area (Å²) in [6, 6.07) is 8.75. The smallest absolute Gasteiger partial charge is 0.147 e. The predicted octanol–water partition coefficient (Wildman–Crippen LogP) is 2.86. The van der Waals surface area contributed by atoms with Crippen molar-refractivity contribution in [2.24, 2.45) is 4.99 Å². The van der Waals surface area contributed by atoms with E-state index in [2.05, 4.69) is 59.6 Å². The van der Waals surface area contributed by atoms with Crippen molar-refractivity contribution < 1.29 is 0 Å². The Balaban J connectivity index is 1.86. The molecule has 0 aliphatic carbocycles. The molecule has 0 aromatic heterocycles. The van der Waals surface area contributed by atoms with E-state index in [0.29, 0.717) is 0 Å². The second kappa shape index (κ2) is 5.15. The first kappa shape index (κ1) is 12.8. The second-order valence-electron chi connectivity index (χ2n) is 6.13. The maximum atomic E-state index is 4.77. The Morgan fingerprint density at radius 1 is 1.14 bits per heavy atom. The van der Waals surface area contributed by atoms with E-state index in [4.69, 9.17) is 4.99 Å². The number of hydrogen-bond donors (Lipinski definition) is 0. The van der Waals surface area contributed by atoms with E-state index in [9.17, 15) is 0 Å². The highest BCUT2D eigenvalue weighted by molar-refractivity contribution is 5.83. The molecule has 0 radical (unpaired) electrons. The molecule has 1 unspecified atom stereocenters. The number of rotatable bonds is 0. The van der Waals surface area contributed by atoms with Crippen molar-refractivity contribution in [2.75, 3.05) is 26.7 Å². The van der Waals surface area contributed by atoms with E-state index in [1.54, 1.807) is 5.57 Å². The number of fused-ring (bicyclic) bond motifs is 2. The minimum atomic E-state index is 0.184. The van der Waals surface area contributed by atoms with Crippen LogP contribution in [-0.4, -0.2) is 48.9 Å². The van der Waals surface area contributed by atoms with Gasteiger partial charge in [-0.1, -0.05) is 29.8 Å². The number of piperidine rings is 1. The zero-order valence-corrected chi connectivity index (χ0v) is 12.5. The molecule has 1 atom stereocenters. The number of hydrogen-bond acceptors (Lipinski definition) is 3. The van der Waals surface area contributed by atoms with E-state index >= 15 is 0 Å². The highest BCUT2D eigenvalue weighted by Crippen LogP contribution is 2.37. The zero-order valence-electron chi connectivity index (χ0n) is 12.5. The SMILES string of the molecule is CN1CCC(=C2c3ccccc3C=CN3CC=NC23)CC1. The first-order valence-electron chi connectivity index (χ1n) is 7.78. The number of nitrogens with zero attached hydrogens (tertiary/aromatic N) is 3. The van der Waals surface area contributed by atoms with E-state index in [1.165, 1.54) is 29.5 Å². The summed E-state index contributed by atoms with van der Waals surface area (Å²) in [5.41, 5.74) is 5.75. The van der Waals surface area contributed by atoms with Crippen molar-refractivity contribution in [3.05, 3.63) is 47.2 Å². The molecule has 1 aromatic carbocycles. The van der Waals surface area contributed by atoms with Gasteiger partial charge in [-0.25, -0.2) is 0 Å². The lowest BCUT2D eigenvalue weighted by atomic mass is 9.89. The Morgan fingerprint density at radius 3 is 2.81 bits per heavy atom. The van der Waals surface area contributed by atoms with Crippen molar-refractivity contribution in [2.45, 2.75) is 19.0 Å². The fraction of sp³-hybridized carbons (Fsp3) is 0.389. The highest BCUT2D eigenvalue weighted by Gasteiger charge is 2.30. The molecule has 0 amide bonds. The van der Waals surface area contributed by atoms with Gasteiger partial charge in [-0.3, -0.25) is 4.99 Å². The molecule has 0 saturated carbocycles. The minimum Gasteiger partial charge on any atom is -0.347 e. The van der Waals surface area contributed by atoms with Crippen LogP contribution in [0.15, 0.2) is 41.0 Å². The van der Waals surface area contributed by atoms with E-state index in [-0.39, 0.29) is 6.17 Å². The van der Waals surface area contributed by atoms with Crippen molar-refractivity contribution in [3.63, 3.8) is 0 Å². The summed E-state index contributed by atoms with van der Waals surface area (Å²) in [4.78, 5) is 9.54. The van der Waals surface area contributed by atoms with Crippen molar-refractivity contribution in [1.82, 2.24) is 9.80 Å². The minimum absolute atomic E-state index is 0.184. The van der Waals surface area contributed by atoms with Gasteiger partial charge in [0.25, 0.3) is 0 Å². The molecule has 0 bridgehead atoms. The molecule has 3 heteroatoms. The third kappa shape index (κ3) is 2.22. The molecule has 3 nitrogen and oxygen atoms in total. The number of benzene rings is 1. The van der Waals surface area contributed by atoms with Crippen LogP contribution in [0, 0.1) is 0 Å². The van der Waals surface area contributed by atoms with Gasteiger partial charge >= 0.3 is 0 Å². The van der Waals surface area contributed by atoms with Gasteiger partial charge in [-0.2, -0.15) is 0 Å². The van der Waals surface area contributed by atoms with Crippen molar-refractivity contribution >= 4 is 17.9 Å². The molecule has 108 valence electrons. The molecule has 0 N–H and O–H groups in total. The van der Waals surface area contributed by atoms with Gasteiger partial charge in [0.05, 0.1) is 6.54 Å². The third-order valence-corrected chi connectivity index (χ3v) is 4.78. The van der Waals surface area contributed by atoms with Crippen LogP contribution in [0.25, 0.3) is 11.6 Å². The van der Waals surface area contributed by atoms with E-state index in [0.717, 1.165) is 19.6 Å². The van der Waals surface area contributed by atoms with Gasteiger partial charge in [-0.15, -0.1) is 0 Å². The fourth-order valence-corrected chi connectivity index (χ4v) is 3.54. The molecular formula is C18H21N3. The highest BCUT2D eigenvalue weighted by atomic mass is 15.3. The Labute approximate surface area is 126 Å². The van der Waals surface area contributed by atoms with Crippen LogP contribution in [0.1, 0.15) is 24.0 Å². The number of aliphatic imine (C=N–C) groups is 1. The molecule has 3 aliphatic rings. The Hall–Kier alpha value is -1.87. The molecule has 1 aromatic rings. The summed E-state index contributed by atoms with van der Waals surface area (Å²) in [5, 5.41) is 0. The number of likely N-dealkylation sites (tertiary alicyclic amines) is 1. The molecule has 3 aliphatic heterocycles. The van der Waals surface area contributed by atoms with Crippen LogP contribution in [0.4, 0.5) is 0 Å². The topological polar surface area (TPSA) is 18.8 Å². The van der Waals surface area contributed by atoms with Gasteiger partial charge in [0.1, 0.15) is 6.17 Å². The summed E-state index contributed by atoms with van der Waals surface area (Å²) in [6.07, 6.45) is 9.01. The van der Waals surface area contributed by atoms with E-state index < -0.39 is 0 Å². The second-order valence-corrected chi connectivity index (χ2v) is 6.13. The van der Waals surface area contributed by atoms with Gasteiger partial charge in [0.2, 0.25) is 0 Å². The summed E-state index contributed by atoms with van der Waals surface area (Å²) in [5.74, 6) is 0. The van der Waals surface area contributed by atoms with Crippen molar-refractivity contribution in [3.8, 4) is 0 Å². The predicted molar refractivity (Wildman–Crippen MR) is 88.1 cm³/mol. The van der Waals surface area contributed by atoms with Crippen LogP contribution in [0.3, 0.4) is 0 Å². The van der Waals surface area contributed by atoms with Gasteiger partial charge in [0.15, 0.2) is 0 Å². The van der Waals surface area contributed by atoms with Gasteiger partial charge in [-0.05, 0) is 37.1 Å². The first-order chi connectivity index (χ1) is 10.3. The lowest BCUT2D eigenvalue weighted by Crippen LogP contribution is -2.30. The molecule has 1 saturated heterocycles. The van der Waals surface area contributed by atoms with Crippen LogP contribution >= 0.6 is 0 Å². The molecule has 4 rings (SSSR count).